The van der Waals surface area contributed by atoms with Gasteiger partial charge in [0.05, 0.1) is 23.1 Å². The van der Waals surface area contributed by atoms with Crippen molar-refractivity contribution in [3.05, 3.63) is 47.6 Å². The lowest BCUT2D eigenvalue weighted by atomic mass is 10.1. The maximum atomic E-state index is 6.63. The minimum absolute atomic E-state index is 0.0690. The highest BCUT2D eigenvalue weighted by molar-refractivity contribution is 6.36. The van der Waals surface area contributed by atoms with Gasteiger partial charge in [0.2, 0.25) is 0 Å². The number of hydrogen-bond donors (Lipinski definition) is 2. The molecule has 4 aromatic rings. The van der Waals surface area contributed by atoms with Crippen LogP contribution in [0.3, 0.4) is 0 Å². The van der Waals surface area contributed by atoms with Gasteiger partial charge in [0.1, 0.15) is 17.7 Å². The van der Waals surface area contributed by atoms with Crippen molar-refractivity contribution in [2.75, 3.05) is 42.9 Å². The maximum Gasteiger partial charge on any atom is 0.182 e. The summed E-state index contributed by atoms with van der Waals surface area (Å²) in [6.45, 7) is 9.30. The summed E-state index contributed by atoms with van der Waals surface area (Å²) < 4.78 is 0. The number of nitrogens with one attached hydrogen (secondary N) is 2. The molecule has 1 aromatic carbocycles. The van der Waals surface area contributed by atoms with Crippen LogP contribution < -0.4 is 10.2 Å². The second-order valence-electron chi connectivity index (χ2n) is 7.82. The van der Waals surface area contributed by atoms with Gasteiger partial charge in [-0.3, -0.25) is 0 Å². The molecule has 5 rings (SSSR count). The van der Waals surface area contributed by atoms with Gasteiger partial charge in [0, 0.05) is 31.6 Å². The molecule has 1 fully saturated rings. The quantitative estimate of drug-likeness (QED) is 0.491. The summed E-state index contributed by atoms with van der Waals surface area (Å²) in [4.78, 5) is 25.8. The Kier molecular flexibility index (Phi) is 5.33. The van der Waals surface area contributed by atoms with Crippen LogP contribution in [-0.4, -0.2) is 62.5 Å². The zero-order chi connectivity index (χ0) is 21.4. The molecule has 8 nitrogen and oxygen atoms in total. The highest BCUT2D eigenvalue weighted by Crippen LogP contribution is 2.34. The Morgan fingerprint density at radius 2 is 2.00 bits per heavy atom. The molecule has 2 N–H and O–H groups in total. The van der Waals surface area contributed by atoms with Crippen LogP contribution in [0.15, 0.2) is 36.9 Å². The molecule has 0 spiro atoms. The molecule has 1 atom stereocenters. The van der Waals surface area contributed by atoms with Crippen LogP contribution in [0.1, 0.15) is 25.6 Å². The zero-order valence-corrected chi connectivity index (χ0v) is 18.4. The monoisotopic (exact) mass is 436 g/mol. The van der Waals surface area contributed by atoms with Crippen molar-refractivity contribution in [3.8, 4) is 0 Å². The smallest absolute Gasteiger partial charge is 0.182 e. The van der Waals surface area contributed by atoms with Crippen molar-refractivity contribution in [2.45, 2.75) is 19.9 Å². The van der Waals surface area contributed by atoms with Crippen LogP contribution in [0.5, 0.6) is 0 Å². The van der Waals surface area contributed by atoms with E-state index in [-0.39, 0.29) is 6.04 Å². The molecule has 0 saturated carbocycles. The lowest BCUT2D eigenvalue weighted by molar-refractivity contribution is 0.270. The number of anilines is 2. The Balaban J connectivity index is 1.52. The van der Waals surface area contributed by atoms with Crippen LogP contribution in [-0.2, 0) is 0 Å². The molecule has 3 aromatic heterocycles. The van der Waals surface area contributed by atoms with Gasteiger partial charge in [-0.1, -0.05) is 30.7 Å². The van der Waals surface area contributed by atoms with Gasteiger partial charge < -0.3 is 20.1 Å². The molecule has 0 bridgehead atoms. The number of hydrogen-bond acceptors (Lipinski definition) is 7. The van der Waals surface area contributed by atoms with E-state index < -0.39 is 0 Å². The van der Waals surface area contributed by atoms with Crippen LogP contribution in [0, 0.1) is 0 Å². The maximum absolute atomic E-state index is 6.63. The fourth-order valence-corrected chi connectivity index (χ4v) is 4.41. The summed E-state index contributed by atoms with van der Waals surface area (Å²) >= 11 is 6.63. The summed E-state index contributed by atoms with van der Waals surface area (Å²) in [5.41, 5.74) is 2.36. The molecule has 1 unspecified atom stereocenters. The molecule has 0 amide bonds. The third-order valence-electron chi connectivity index (χ3n) is 5.95. The van der Waals surface area contributed by atoms with Gasteiger partial charge in [-0.05, 0) is 31.0 Å². The molecule has 0 radical (unpaired) electrons. The number of nitrogens with zero attached hydrogens (tertiary/aromatic N) is 6. The molecule has 0 aliphatic carbocycles. The predicted octanol–water partition coefficient (Wildman–Crippen LogP) is 3.87. The largest absolute Gasteiger partial charge is 0.360 e. The molecule has 160 valence electrons. The first-order valence-corrected chi connectivity index (χ1v) is 11.0. The summed E-state index contributed by atoms with van der Waals surface area (Å²) in [5, 5.41) is 6.31. The Morgan fingerprint density at radius 1 is 1.16 bits per heavy atom. The lowest BCUT2D eigenvalue weighted by Crippen LogP contribution is -2.46. The number of halogens is 1. The van der Waals surface area contributed by atoms with Crippen LogP contribution in [0.2, 0.25) is 5.02 Å². The molecule has 9 heteroatoms. The standard InChI is InChI=1S/C22H25ClN8/c1-3-30-7-9-31(10-8-30)22-18-15(5-4-6-16(18)23)11-17(29-22)14(2)28-21-19-20(25-12-24-19)26-13-27-21/h4-6,11-14H,3,7-10H2,1-2H3,(H2,24,25,26,27,28). The van der Waals surface area contributed by atoms with Gasteiger partial charge in [0.15, 0.2) is 11.5 Å². The number of fused-ring (bicyclic) bond motifs is 2. The number of aromatic amines is 1. The van der Waals surface area contributed by atoms with Crippen molar-refractivity contribution < 1.29 is 0 Å². The number of likely N-dealkylation sites (N-methyl/N-ethyl adjacent to an activating group) is 1. The zero-order valence-electron chi connectivity index (χ0n) is 17.6. The molecule has 1 aliphatic heterocycles. The van der Waals surface area contributed by atoms with E-state index >= 15 is 0 Å². The second kappa shape index (κ2) is 8.28. The summed E-state index contributed by atoms with van der Waals surface area (Å²) in [6.07, 6.45) is 3.14. The van der Waals surface area contributed by atoms with Crippen LogP contribution in [0.25, 0.3) is 21.9 Å². The Morgan fingerprint density at radius 3 is 2.81 bits per heavy atom. The highest BCUT2D eigenvalue weighted by atomic mass is 35.5. The van der Waals surface area contributed by atoms with Crippen molar-refractivity contribution in [3.63, 3.8) is 0 Å². The van der Waals surface area contributed by atoms with Crippen LogP contribution >= 0.6 is 11.6 Å². The van der Waals surface area contributed by atoms with E-state index in [2.05, 4.69) is 61.0 Å². The number of imidazole rings is 1. The SMILES string of the molecule is CCN1CCN(c2nc(C(C)Nc3ncnc4nc[nH]c34)cc3cccc(Cl)c23)CC1. The Labute approximate surface area is 185 Å². The molecular formula is C22H25ClN8. The van der Waals surface area contributed by atoms with E-state index in [0.29, 0.717) is 11.5 Å². The second-order valence-corrected chi connectivity index (χ2v) is 8.23. The fourth-order valence-electron chi connectivity index (χ4n) is 4.15. The predicted molar refractivity (Wildman–Crippen MR) is 125 cm³/mol. The highest BCUT2D eigenvalue weighted by Gasteiger charge is 2.22. The number of pyridine rings is 1. The van der Waals surface area contributed by atoms with Gasteiger partial charge >= 0.3 is 0 Å². The Bertz CT molecular complexity index is 1210. The van der Waals surface area contributed by atoms with Gasteiger partial charge in [0.25, 0.3) is 0 Å². The van der Waals surface area contributed by atoms with E-state index in [1.54, 1.807) is 6.33 Å². The van der Waals surface area contributed by atoms with Crippen molar-refractivity contribution in [1.82, 2.24) is 29.8 Å². The molecular weight excluding hydrogens is 412 g/mol. The topological polar surface area (TPSA) is 85.9 Å². The van der Waals surface area contributed by atoms with Crippen molar-refractivity contribution in [2.24, 2.45) is 0 Å². The minimum atomic E-state index is -0.0690. The lowest BCUT2D eigenvalue weighted by Gasteiger charge is -2.35. The number of benzene rings is 1. The van der Waals surface area contributed by atoms with Gasteiger partial charge in [-0.2, -0.15) is 0 Å². The van der Waals surface area contributed by atoms with E-state index in [9.17, 15) is 0 Å². The first kappa shape index (κ1) is 20.0. The number of H-pyrrole nitrogens is 1. The number of rotatable bonds is 5. The van der Waals surface area contributed by atoms with Gasteiger partial charge in [-0.15, -0.1) is 0 Å². The van der Waals surface area contributed by atoms with Gasteiger partial charge in [-0.25, -0.2) is 19.9 Å². The van der Waals surface area contributed by atoms with E-state index in [4.69, 9.17) is 16.6 Å². The minimum Gasteiger partial charge on any atom is -0.360 e. The third kappa shape index (κ3) is 3.77. The van der Waals surface area contributed by atoms with E-state index in [0.717, 1.165) is 65.5 Å². The third-order valence-corrected chi connectivity index (χ3v) is 6.26. The Hall–Kier alpha value is -2.97. The molecule has 4 heterocycles. The van der Waals surface area contributed by atoms with Crippen molar-refractivity contribution >= 4 is 45.2 Å². The van der Waals surface area contributed by atoms with E-state index in [1.165, 1.54) is 6.33 Å². The summed E-state index contributed by atoms with van der Waals surface area (Å²) in [7, 11) is 0. The molecule has 1 saturated heterocycles. The molecule has 1 aliphatic rings. The van der Waals surface area contributed by atoms with Crippen molar-refractivity contribution in [1.29, 1.82) is 0 Å². The number of piperazine rings is 1. The number of aromatic nitrogens is 5. The van der Waals surface area contributed by atoms with Crippen LogP contribution in [0.4, 0.5) is 11.6 Å². The fraction of sp³-hybridized carbons (Fsp3) is 0.364. The first-order valence-electron chi connectivity index (χ1n) is 10.6. The van der Waals surface area contributed by atoms with E-state index in [1.807, 2.05) is 12.1 Å². The molecule has 31 heavy (non-hydrogen) atoms. The summed E-state index contributed by atoms with van der Waals surface area (Å²) in [5.74, 6) is 1.66. The normalized spacial score (nSPS) is 16.2. The average molecular weight is 437 g/mol. The summed E-state index contributed by atoms with van der Waals surface area (Å²) in [6, 6.07) is 8.07. The first-order chi connectivity index (χ1) is 15.1. The average Bonchev–Trinajstić information content (AvgIpc) is 3.28.